The van der Waals surface area contributed by atoms with Gasteiger partial charge < -0.3 is 19.9 Å². The van der Waals surface area contributed by atoms with E-state index in [0.717, 1.165) is 10.8 Å². The average Bonchev–Trinajstić information content (AvgIpc) is 2.75. The molecule has 0 aliphatic carbocycles. The Bertz CT molecular complexity index is 1160. The number of pyridine rings is 3. The van der Waals surface area contributed by atoms with E-state index in [2.05, 4.69) is 20.3 Å². The zero-order valence-corrected chi connectivity index (χ0v) is 18.3. The summed E-state index contributed by atoms with van der Waals surface area (Å²) in [6, 6.07) is 5.29. The predicted molar refractivity (Wildman–Crippen MR) is 117 cm³/mol. The third kappa shape index (κ3) is 3.67. The highest BCUT2D eigenvalue weighted by Crippen LogP contribution is 2.38. The zero-order valence-electron chi connectivity index (χ0n) is 18.3. The fraction of sp³-hybridized carbons (Fsp3) is 0.391. The first-order chi connectivity index (χ1) is 14.7. The summed E-state index contributed by atoms with van der Waals surface area (Å²) in [5, 5.41) is 15.2. The van der Waals surface area contributed by atoms with Crippen LogP contribution in [0.4, 0.5) is 11.6 Å². The molecule has 8 nitrogen and oxygen atoms in total. The Hall–Kier alpha value is -3.26. The van der Waals surface area contributed by atoms with Gasteiger partial charge >= 0.3 is 5.97 Å². The third-order valence-electron chi connectivity index (χ3n) is 5.91. The maximum Gasteiger partial charge on any atom is 0.340 e. The molecular formula is C23H26N4O4. The summed E-state index contributed by atoms with van der Waals surface area (Å²) in [7, 11) is 1.55. The number of aliphatic hydroxyl groups excluding tert-OH is 1. The number of fused-ring (bicyclic) bond motifs is 2. The Morgan fingerprint density at radius 1 is 1.23 bits per heavy atom. The second kappa shape index (κ2) is 7.77. The minimum Gasteiger partial charge on any atom is -0.481 e. The number of cyclic esters (lactones) is 1. The van der Waals surface area contributed by atoms with Crippen molar-refractivity contribution in [2.75, 3.05) is 12.4 Å². The van der Waals surface area contributed by atoms with Crippen molar-refractivity contribution in [3.63, 3.8) is 0 Å². The number of anilines is 2. The largest absolute Gasteiger partial charge is 0.481 e. The number of nitrogens with one attached hydrogen (secondary N) is 1. The molecule has 4 rings (SSSR count). The molecular weight excluding hydrogens is 396 g/mol. The van der Waals surface area contributed by atoms with E-state index in [1.165, 1.54) is 0 Å². The highest BCUT2D eigenvalue weighted by Gasteiger charge is 2.40. The van der Waals surface area contributed by atoms with E-state index in [0.29, 0.717) is 40.8 Å². The lowest BCUT2D eigenvalue weighted by Crippen LogP contribution is -2.39. The number of hydrogen-bond acceptors (Lipinski definition) is 8. The van der Waals surface area contributed by atoms with Crippen molar-refractivity contribution in [3.8, 4) is 5.88 Å². The SMILES string of the molecule is CC[C@@H](O)c1cnc(OC)c2cnc(Nc3ccc4c(n3)[C@@H](C)C(C)(C)OC4=O)cc12. The molecule has 0 fully saturated rings. The molecule has 0 aromatic carbocycles. The van der Waals surface area contributed by atoms with Gasteiger partial charge in [-0.25, -0.2) is 19.7 Å². The van der Waals surface area contributed by atoms with E-state index in [4.69, 9.17) is 9.47 Å². The smallest absolute Gasteiger partial charge is 0.340 e. The van der Waals surface area contributed by atoms with Gasteiger partial charge in [0.1, 0.15) is 17.2 Å². The molecule has 8 heteroatoms. The Balaban J connectivity index is 1.74. The van der Waals surface area contributed by atoms with Crippen molar-refractivity contribution in [1.82, 2.24) is 15.0 Å². The molecule has 1 aliphatic rings. The molecule has 2 N–H and O–H groups in total. The molecule has 0 saturated carbocycles. The van der Waals surface area contributed by atoms with Gasteiger partial charge in [-0.2, -0.15) is 0 Å². The average molecular weight is 422 g/mol. The van der Waals surface area contributed by atoms with Crippen molar-refractivity contribution < 1.29 is 19.4 Å². The highest BCUT2D eigenvalue weighted by molar-refractivity contribution is 5.93. The van der Waals surface area contributed by atoms with Crippen LogP contribution in [0.25, 0.3) is 10.8 Å². The molecule has 0 spiro atoms. The second-order valence-corrected chi connectivity index (χ2v) is 8.23. The first-order valence-corrected chi connectivity index (χ1v) is 10.3. The van der Waals surface area contributed by atoms with E-state index >= 15 is 0 Å². The van der Waals surface area contributed by atoms with Crippen LogP contribution in [0.5, 0.6) is 5.88 Å². The number of nitrogens with zero attached hydrogens (tertiary/aromatic N) is 3. The lowest BCUT2D eigenvalue weighted by Gasteiger charge is -2.36. The standard InChI is InChI=1S/C23H26N4O4/c1-6-17(28)15-10-25-21(30-5)16-11-24-19(9-14(15)16)26-18-8-7-13-20(27-18)12(2)23(3,4)31-22(13)29/h7-12,17,28H,6H2,1-5H3,(H,24,26,27)/t12-,17-/m1/s1. The summed E-state index contributed by atoms with van der Waals surface area (Å²) in [6.07, 6.45) is 3.21. The maximum absolute atomic E-state index is 12.3. The lowest BCUT2D eigenvalue weighted by atomic mass is 9.84. The summed E-state index contributed by atoms with van der Waals surface area (Å²) in [4.78, 5) is 25.8. The molecule has 2 atom stereocenters. The topological polar surface area (TPSA) is 106 Å². The van der Waals surface area contributed by atoms with Crippen LogP contribution >= 0.6 is 0 Å². The quantitative estimate of drug-likeness (QED) is 0.587. The van der Waals surface area contributed by atoms with Gasteiger partial charge in [0.25, 0.3) is 0 Å². The van der Waals surface area contributed by atoms with Gasteiger partial charge in [-0.1, -0.05) is 13.8 Å². The van der Waals surface area contributed by atoms with Crippen LogP contribution in [0.1, 0.15) is 67.8 Å². The Kier molecular flexibility index (Phi) is 5.26. The Morgan fingerprint density at radius 2 is 2.00 bits per heavy atom. The van der Waals surface area contributed by atoms with Crippen molar-refractivity contribution in [2.45, 2.75) is 51.7 Å². The number of hydrogen-bond donors (Lipinski definition) is 2. The number of esters is 1. The van der Waals surface area contributed by atoms with Crippen molar-refractivity contribution in [3.05, 3.63) is 47.4 Å². The molecule has 3 aromatic rings. The van der Waals surface area contributed by atoms with E-state index in [-0.39, 0.29) is 11.9 Å². The number of methoxy groups -OCH3 is 1. The fourth-order valence-electron chi connectivity index (χ4n) is 3.74. The molecule has 31 heavy (non-hydrogen) atoms. The van der Waals surface area contributed by atoms with Gasteiger partial charge in [-0.15, -0.1) is 0 Å². The predicted octanol–water partition coefficient (Wildman–Crippen LogP) is 4.27. The normalized spacial score (nSPS) is 18.3. The first kappa shape index (κ1) is 21.0. The van der Waals surface area contributed by atoms with Crippen LogP contribution in [-0.2, 0) is 4.74 Å². The van der Waals surface area contributed by atoms with Crippen LogP contribution in [0.3, 0.4) is 0 Å². The molecule has 4 heterocycles. The van der Waals surface area contributed by atoms with Gasteiger partial charge in [-0.3, -0.25) is 0 Å². The number of carbonyl (C=O) groups is 1. The maximum atomic E-state index is 12.3. The zero-order chi connectivity index (χ0) is 22.3. The second-order valence-electron chi connectivity index (χ2n) is 8.23. The number of aliphatic hydroxyl groups is 1. The Morgan fingerprint density at radius 3 is 2.71 bits per heavy atom. The summed E-state index contributed by atoms with van der Waals surface area (Å²) in [5.41, 5.74) is 1.25. The minimum atomic E-state index is -0.646. The van der Waals surface area contributed by atoms with Crippen molar-refractivity contribution >= 4 is 28.4 Å². The van der Waals surface area contributed by atoms with Gasteiger partial charge in [0.2, 0.25) is 5.88 Å². The van der Waals surface area contributed by atoms with Gasteiger partial charge in [0, 0.05) is 23.9 Å². The molecule has 0 bridgehead atoms. The minimum absolute atomic E-state index is 0.0619. The summed E-state index contributed by atoms with van der Waals surface area (Å²) in [5.74, 6) is 1.15. The summed E-state index contributed by atoms with van der Waals surface area (Å²) in [6.45, 7) is 7.67. The molecule has 3 aromatic heterocycles. The van der Waals surface area contributed by atoms with E-state index in [9.17, 15) is 9.90 Å². The third-order valence-corrected chi connectivity index (χ3v) is 5.91. The number of carbonyl (C=O) groups excluding carboxylic acids is 1. The van der Waals surface area contributed by atoms with Gasteiger partial charge in [0.05, 0.1) is 29.9 Å². The Labute approximate surface area is 180 Å². The van der Waals surface area contributed by atoms with Crippen LogP contribution in [-0.4, -0.2) is 38.7 Å². The van der Waals surface area contributed by atoms with Gasteiger partial charge in [0.15, 0.2) is 0 Å². The number of rotatable bonds is 5. The first-order valence-electron chi connectivity index (χ1n) is 10.3. The van der Waals surface area contributed by atoms with Gasteiger partial charge in [-0.05, 0) is 43.9 Å². The summed E-state index contributed by atoms with van der Waals surface area (Å²) < 4.78 is 10.9. The molecule has 0 unspecified atom stereocenters. The van der Waals surface area contributed by atoms with Crippen LogP contribution in [0, 0.1) is 0 Å². The monoisotopic (exact) mass is 422 g/mol. The number of aromatic nitrogens is 3. The van der Waals surface area contributed by atoms with Crippen molar-refractivity contribution in [2.24, 2.45) is 0 Å². The van der Waals surface area contributed by atoms with E-state index < -0.39 is 11.7 Å². The molecule has 0 radical (unpaired) electrons. The van der Waals surface area contributed by atoms with Crippen LogP contribution in [0.15, 0.2) is 30.6 Å². The molecule has 0 amide bonds. The highest BCUT2D eigenvalue weighted by atomic mass is 16.6. The van der Waals surface area contributed by atoms with E-state index in [1.54, 1.807) is 31.6 Å². The lowest BCUT2D eigenvalue weighted by molar-refractivity contribution is -0.0189. The van der Waals surface area contributed by atoms with E-state index in [1.807, 2.05) is 33.8 Å². The van der Waals surface area contributed by atoms with Crippen LogP contribution in [0.2, 0.25) is 0 Å². The van der Waals surface area contributed by atoms with Crippen molar-refractivity contribution in [1.29, 1.82) is 0 Å². The fourth-order valence-corrected chi connectivity index (χ4v) is 3.74. The summed E-state index contributed by atoms with van der Waals surface area (Å²) >= 11 is 0. The molecule has 0 saturated heterocycles. The molecule has 162 valence electrons. The van der Waals surface area contributed by atoms with Crippen LogP contribution < -0.4 is 10.1 Å². The molecule has 1 aliphatic heterocycles. The number of ether oxygens (including phenoxy) is 2.